The average Bonchev–Trinajstić information content (AvgIpc) is 1.63. The zero-order valence-electron chi connectivity index (χ0n) is 6.70. The summed E-state index contributed by atoms with van der Waals surface area (Å²) in [4.78, 5) is 0. The number of rotatable bonds is 2. The second-order valence-corrected chi connectivity index (χ2v) is 7.86. The van der Waals surface area contributed by atoms with Gasteiger partial charge in [0.05, 0.1) is 12.8 Å². The van der Waals surface area contributed by atoms with Gasteiger partial charge in [0.15, 0.2) is 0 Å². The third-order valence-corrected chi connectivity index (χ3v) is 2.31. The van der Waals surface area contributed by atoms with Crippen LogP contribution in [0.3, 0.4) is 0 Å². The molecule has 0 saturated heterocycles. The maximum absolute atomic E-state index is 8.43. The van der Waals surface area contributed by atoms with E-state index in [1.165, 1.54) is 0 Å². The number of aliphatic hydroxyl groups is 1. The fourth-order valence-electron chi connectivity index (χ4n) is 0.300. The van der Waals surface area contributed by atoms with Crippen LogP contribution in [0.2, 0.25) is 0 Å². The molecule has 0 unspecified atom stereocenters. The second-order valence-electron chi connectivity index (χ2n) is 2.83. The van der Waals surface area contributed by atoms with Gasteiger partial charge in [-0.15, -0.1) is 0 Å². The topological polar surface area (TPSA) is 60.4 Å². The normalized spacial score (nSPS) is 9.20. The Morgan fingerprint density at radius 1 is 1.50 bits per heavy atom. The predicted octanol–water partition coefficient (Wildman–Crippen LogP) is -0.803. The first-order valence-corrected chi connectivity index (χ1v) is 6.26. The summed E-state index contributed by atoms with van der Waals surface area (Å²) in [7, 11) is -1.17. The van der Waals surface area contributed by atoms with Crippen LogP contribution in [0, 0.1) is 0 Å². The van der Waals surface area contributed by atoms with Gasteiger partial charge in [-0.3, -0.25) is 0 Å². The molecule has 0 saturated carbocycles. The molecule has 0 atom stereocenters. The molecule has 10 heavy (non-hydrogen) atoms. The summed E-state index contributed by atoms with van der Waals surface area (Å²) in [6.45, 7) is 7.03. The van der Waals surface area contributed by atoms with Crippen LogP contribution in [0.25, 0.3) is 0 Å². The van der Waals surface area contributed by atoms with Gasteiger partial charge in [0.25, 0.3) is 0 Å². The SMILES string of the molecule is C[P+](C)(C)CCO.O=B[O-]. The van der Waals surface area contributed by atoms with Crippen molar-refractivity contribution >= 4 is 14.6 Å². The first-order valence-electron chi connectivity index (χ1n) is 2.95. The van der Waals surface area contributed by atoms with Gasteiger partial charge < -0.3 is 5.11 Å². The van der Waals surface area contributed by atoms with E-state index in [0.717, 1.165) is 6.16 Å². The van der Waals surface area contributed by atoms with E-state index in [9.17, 15) is 0 Å². The van der Waals surface area contributed by atoms with Gasteiger partial charge in [-0.25, -0.2) is 0 Å². The minimum absolute atomic E-state index is 0.358. The Morgan fingerprint density at radius 3 is 1.80 bits per heavy atom. The zero-order valence-corrected chi connectivity index (χ0v) is 7.60. The molecule has 0 aromatic heterocycles. The number of hydrogen-bond acceptors (Lipinski definition) is 3. The van der Waals surface area contributed by atoms with Crippen molar-refractivity contribution in [2.24, 2.45) is 0 Å². The van der Waals surface area contributed by atoms with Gasteiger partial charge in [0.1, 0.15) is 0 Å². The monoisotopic (exact) mass is 164 g/mol. The predicted molar refractivity (Wildman–Crippen MR) is 43.1 cm³/mol. The number of hydrogen-bond donors (Lipinski definition) is 1. The van der Waals surface area contributed by atoms with Crippen LogP contribution in [-0.2, 0) is 4.70 Å². The fraction of sp³-hybridized carbons (Fsp3) is 1.00. The summed E-state index contributed by atoms with van der Waals surface area (Å²) in [5.74, 6) is 0. The summed E-state index contributed by atoms with van der Waals surface area (Å²) in [5.41, 5.74) is 0. The molecule has 0 amide bonds. The van der Waals surface area contributed by atoms with E-state index < -0.39 is 14.6 Å². The standard InChI is InChI=1S/C5H14OP.BO2/c1-7(2,3)5-4-6;2-1-3/h6H,4-5H2,1-3H3;/q+1;-1. The molecule has 0 rings (SSSR count). The van der Waals surface area contributed by atoms with Gasteiger partial charge in [0.2, 0.25) is 0 Å². The van der Waals surface area contributed by atoms with Crippen molar-refractivity contribution in [3.63, 3.8) is 0 Å². The molecule has 3 nitrogen and oxygen atoms in total. The summed E-state index contributed by atoms with van der Waals surface area (Å²) in [6.07, 6.45) is 1.01. The van der Waals surface area contributed by atoms with Crippen LogP contribution in [0.1, 0.15) is 0 Å². The number of aliphatic hydroxyl groups excluding tert-OH is 1. The van der Waals surface area contributed by atoms with Crippen molar-refractivity contribution < 1.29 is 14.8 Å². The minimum atomic E-state index is -0.666. The molecule has 5 heteroatoms. The Labute approximate surface area is 63.1 Å². The quantitative estimate of drug-likeness (QED) is 0.429. The van der Waals surface area contributed by atoms with E-state index >= 15 is 0 Å². The van der Waals surface area contributed by atoms with Crippen LogP contribution in [0.5, 0.6) is 0 Å². The summed E-state index contributed by atoms with van der Waals surface area (Å²) in [6, 6.07) is 0. The molecule has 60 valence electrons. The molecule has 0 aromatic rings. The Hall–Kier alpha value is 0.0549. The van der Waals surface area contributed by atoms with Crippen LogP contribution in [0.4, 0.5) is 0 Å². The van der Waals surface area contributed by atoms with Gasteiger partial charge in [-0.1, -0.05) is 0 Å². The molecule has 1 N–H and O–H groups in total. The zero-order chi connectivity index (χ0) is 8.62. The summed E-state index contributed by atoms with van der Waals surface area (Å²) in [5, 5.41) is 16.7. The van der Waals surface area contributed by atoms with Gasteiger partial charge in [0, 0.05) is 27.3 Å². The van der Waals surface area contributed by atoms with Crippen molar-refractivity contribution in [2.45, 2.75) is 0 Å². The van der Waals surface area contributed by atoms with E-state index in [1.807, 2.05) is 0 Å². The Balaban J connectivity index is 0. The van der Waals surface area contributed by atoms with Crippen molar-refractivity contribution in [1.29, 1.82) is 0 Å². The van der Waals surface area contributed by atoms with E-state index in [-0.39, 0.29) is 0 Å². The molecule has 0 spiro atoms. The van der Waals surface area contributed by atoms with Crippen molar-refractivity contribution in [3.8, 4) is 0 Å². The Bertz CT molecular complexity index is 81.5. The van der Waals surface area contributed by atoms with Crippen molar-refractivity contribution in [3.05, 3.63) is 0 Å². The molecule has 0 heterocycles. The fourth-order valence-corrected chi connectivity index (χ4v) is 0.900. The van der Waals surface area contributed by atoms with E-state index in [1.54, 1.807) is 0 Å². The molecule has 0 aliphatic rings. The molecule has 0 bridgehead atoms. The first kappa shape index (κ1) is 12.7. The average molecular weight is 164 g/mol. The van der Waals surface area contributed by atoms with E-state index in [4.69, 9.17) is 14.8 Å². The van der Waals surface area contributed by atoms with Crippen molar-refractivity contribution in [1.82, 2.24) is 0 Å². The Kier molecular flexibility index (Phi) is 9.10. The molecule has 0 fully saturated rings. The molecule has 0 aromatic carbocycles. The molecular weight excluding hydrogens is 150 g/mol. The van der Waals surface area contributed by atoms with Crippen LogP contribution in [0.15, 0.2) is 0 Å². The van der Waals surface area contributed by atoms with Crippen LogP contribution >= 0.6 is 7.26 Å². The summed E-state index contributed by atoms with van der Waals surface area (Å²) < 4.78 is 8.25. The molecule has 0 aliphatic heterocycles. The van der Waals surface area contributed by atoms with Gasteiger partial charge >= 0.3 is 17.1 Å². The van der Waals surface area contributed by atoms with Crippen LogP contribution < -0.4 is 5.02 Å². The summed E-state index contributed by atoms with van der Waals surface area (Å²) >= 11 is 0. The first-order chi connectivity index (χ1) is 4.47. The molecular formula is C5H14BO3P. The van der Waals surface area contributed by atoms with Crippen LogP contribution in [-0.4, -0.2) is 45.2 Å². The van der Waals surface area contributed by atoms with E-state index in [0.29, 0.717) is 6.61 Å². The van der Waals surface area contributed by atoms with Crippen molar-refractivity contribution in [2.75, 3.05) is 32.8 Å². The second kappa shape index (κ2) is 7.17. The van der Waals surface area contributed by atoms with Gasteiger partial charge in [-0.2, -0.15) is 0 Å². The van der Waals surface area contributed by atoms with E-state index in [2.05, 4.69) is 20.0 Å². The Morgan fingerprint density at radius 2 is 1.80 bits per heavy atom. The molecule has 0 aliphatic carbocycles. The maximum atomic E-state index is 8.43. The third-order valence-electron chi connectivity index (χ3n) is 0.771. The molecule has 0 radical (unpaired) electrons. The third kappa shape index (κ3) is 24.4. The van der Waals surface area contributed by atoms with Gasteiger partial charge in [-0.05, 0) is 0 Å².